The number of aliphatic hydroxyl groups excluding tert-OH is 1. The lowest BCUT2D eigenvalue weighted by Crippen LogP contribution is -2.15. The Labute approximate surface area is 137 Å². The summed E-state index contributed by atoms with van der Waals surface area (Å²) in [5.74, 6) is 0. The molecule has 0 amide bonds. The summed E-state index contributed by atoms with van der Waals surface area (Å²) in [6.07, 6.45) is 0. The van der Waals surface area contributed by atoms with E-state index >= 15 is 0 Å². The van der Waals surface area contributed by atoms with Crippen LogP contribution in [0.1, 0.15) is 16.0 Å². The molecule has 0 unspecified atom stereocenters. The Hall–Kier alpha value is -0.790. The van der Waals surface area contributed by atoms with Gasteiger partial charge < -0.3 is 5.11 Å². The van der Waals surface area contributed by atoms with Crippen LogP contribution in [0.15, 0.2) is 22.4 Å². The highest BCUT2D eigenvalue weighted by Crippen LogP contribution is 2.33. The van der Waals surface area contributed by atoms with Crippen LogP contribution in [-0.4, -0.2) is 13.5 Å². The van der Waals surface area contributed by atoms with E-state index in [9.17, 15) is 13.5 Å². The summed E-state index contributed by atoms with van der Waals surface area (Å²) in [5.41, 5.74) is 1.54. The van der Waals surface area contributed by atoms with Crippen LogP contribution in [0.25, 0.3) is 0 Å². The first-order valence-corrected chi connectivity index (χ1v) is 9.04. The molecule has 2 N–H and O–H groups in total. The number of aliphatic hydroxyl groups is 1. The molecule has 4 nitrogen and oxygen atoms in total. The highest BCUT2D eigenvalue weighted by molar-refractivity contribution is 7.93. The van der Waals surface area contributed by atoms with E-state index in [-0.39, 0.29) is 22.2 Å². The smallest absolute Gasteiger partial charge is 0.263 e. The van der Waals surface area contributed by atoms with Gasteiger partial charge in [-0.25, -0.2) is 8.42 Å². The number of thiophene rings is 1. The number of rotatable bonds is 4. The zero-order valence-electron chi connectivity index (χ0n) is 11.3. The average molecular weight is 366 g/mol. The fourth-order valence-electron chi connectivity index (χ4n) is 1.88. The predicted molar refractivity (Wildman–Crippen MR) is 87.0 cm³/mol. The molecule has 0 aliphatic rings. The van der Waals surface area contributed by atoms with Gasteiger partial charge >= 0.3 is 0 Å². The summed E-state index contributed by atoms with van der Waals surface area (Å²) in [4.78, 5) is 0.470. The first kappa shape index (κ1) is 16.6. The van der Waals surface area contributed by atoms with Crippen LogP contribution in [0.2, 0.25) is 10.0 Å². The normalized spacial score (nSPS) is 11.7. The van der Waals surface area contributed by atoms with Crippen molar-refractivity contribution in [2.45, 2.75) is 25.3 Å². The van der Waals surface area contributed by atoms with Crippen LogP contribution >= 0.6 is 34.5 Å². The van der Waals surface area contributed by atoms with E-state index in [0.29, 0.717) is 15.5 Å². The third-order valence-electron chi connectivity index (χ3n) is 2.89. The molecule has 2 rings (SSSR count). The largest absolute Gasteiger partial charge is 0.391 e. The molecule has 0 atom stereocenters. The SMILES string of the molecule is Cc1cc(Cl)c(NS(=O)(=O)c2c(C)csc2CO)cc1Cl. The maximum Gasteiger partial charge on any atom is 0.263 e. The standard InChI is InChI=1S/C13H13Cl2NO3S2/c1-7-3-10(15)11(4-9(7)14)16-21(18,19)13-8(2)6-20-12(13)5-17/h3-4,6,16-17H,5H2,1-2H3. The molecular formula is C13H13Cl2NO3S2. The van der Waals surface area contributed by atoms with Crippen LogP contribution in [0.5, 0.6) is 0 Å². The second-order valence-corrected chi connectivity index (χ2v) is 7.91. The van der Waals surface area contributed by atoms with Crippen LogP contribution in [-0.2, 0) is 16.6 Å². The predicted octanol–water partition coefficient (Wildman–Crippen LogP) is 3.96. The second-order valence-electron chi connectivity index (χ2n) is 4.52. The second kappa shape index (κ2) is 6.14. The van der Waals surface area contributed by atoms with Crippen molar-refractivity contribution in [3.63, 3.8) is 0 Å². The third kappa shape index (κ3) is 3.35. The molecule has 2 aromatic rings. The van der Waals surface area contributed by atoms with Crippen molar-refractivity contribution in [1.82, 2.24) is 0 Å². The monoisotopic (exact) mass is 365 g/mol. The topological polar surface area (TPSA) is 66.4 Å². The van der Waals surface area contributed by atoms with Crippen molar-refractivity contribution in [3.05, 3.63) is 43.6 Å². The van der Waals surface area contributed by atoms with Crippen LogP contribution in [0, 0.1) is 13.8 Å². The number of anilines is 1. The summed E-state index contributed by atoms with van der Waals surface area (Å²) in [5, 5.41) is 11.6. The summed E-state index contributed by atoms with van der Waals surface area (Å²) < 4.78 is 27.4. The molecule has 0 aliphatic heterocycles. The molecule has 1 aromatic heterocycles. The Bertz CT molecular complexity index is 785. The van der Waals surface area contributed by atoms with E-state index in [0.717, 1.165) is 5.56 Å². The van der Waals surface area contributed by atoms with E-state index in [1.165, 1.54) is 17.4 Å². The lowest BCUT2D eigenvalue weighted by molar-refractivity contribution is 0.282. The van der Waals surface area contributed by atoms with Gasteiger partial charge in [-0.2, -0.15) is 0 Å². The summed E-state index contributed by atoms with van der Waals surface area (Å²) in [7, 11) is -3.84. The Morgan fingerprint density at radius 3 is 2.48 bits per heavy atom. The minimum absolute atomic E-state index is 0.0859. The minimum Gasteiger partial charge on any atom is -0.391 e. The number of hydrogen-bond donors (Lipinski definition) is 2. The van der Waals surface area contributed by atoms with Gasteiger partial charge in [-0.3, -0.25) is 4.72 Å². The molecule has 0 aliphatic carbocycles. The fourth-order valence-corrected chi connectivity index (χ4v) is 5.10. The van der Waals surface area contributed by atoms with Crippen molar-refractivity contribution in [3.8, 4) is 0 Å². The van der Waals surface area contributed by atoms with Gasteiger partial charge in [-0.1, -0.05) is 23.2 Å². The first-order valence-electron chi connectivity index (χ1n) is 5.92. The molecule has 0 saturated carbocycles. The highest BCUT2D eigenvalue weighted by Gasteiger charge is 2.23. The highest BCUT2D eigenvalue weighted by atomic mass is 35.5. The Morgan fingerprint density at radius 2 is 1.86 bits per heavy atom. The summed E-state index contributed by atoms with van der Waals surface area (Å²) in [6.45, 7) is 3.12. The molecule has 0 bridgehead atoms. The maximum absolute atomic E-state index is 12.5. The van der Waals surface area contributed by atoms with Crippen LogP contribution in [0.4, 0.5) is 5.69 Å². The van der Waals surface area contributed by atoms with E-state index in [2.05, 4.69) is 4.72 Å². The maximum atomic E-state index is 12.5. The quantitative estimate of drug-likeness (QED) is 0.861. The first-order chi connectivity index (χ1) is 9.76. The number of hydrogen-bond acceptors (Lipinski definition) is 4. The number of nitrogens with one attached hydrogen (secondary N) is 1. The third-order valence-corrected chi connectivity index (χ3v) is 6.43. The molecule has 0 spiro atoms. The van der Waals surface area contributed by atoms with Crippen molar-refractivity contribution in [1.29, 1.82) is 0 Å². The van der Waals surface area contributed by atoms with E-state index < -0.39 is 10.0 Å². The van der Waals surface area contributed by atoms with Gasteiger partial charge in [0.25, 0.3) is 10.0 Å². The zero-order valence-corrected chi connectivity index (χ0v) is 14.4. The molecular weight excluding hydrogens is 353 g/mol. The van der Waals surface area contributed by atoms with Crippen LogP contribution < -0.4 is 4.72 Å². The van der Waals surface area contributed by atoms with E-state index in [4.69, 9.17) is 23.2 Å². The van der Waals surface area contributed by atoms with Gasteiger partial charge in [0.1, 0.15) is 4.90 Å². The lowest BCUT2D eigenvalue weighted by Gasteiger charge is -2.12. The van der Waals surface area contributed by atoms with Crippen molar-refractivity contribution >= 4 is 50.2 Å². The molecule has 1 heterocycles. The van der Waals surface area contributed by atoms with Crippen molar-refractivity contribution in [2.24, 2.45) is 0 Å². The molecule has 1 aromatic carbocycles. The van der Waals surface area contributed by atoms with E-state index in [1.807, 2.05) is 0 Å². The Morgan fingerprint density at radius 1 is 1.19 bits per heavy atom. The van der Waals surface area contributed by atoms with Gasteiger partial charge in [0.05, 0.1) is 22.2 Å². The van der Waals surface area contributed by atoms with Gasteiger partial charge in [-0.05, 0) is 42.5 Å². The minimum atomic E-state index is -3.84. The van der Waals surface area contributed by atoms with Gasteiger partial charge in [0.2, 0.25) is 0 Å². The zero-order chi connectivity index (χ0) is 15.8. The van der Waals surface area contributed by atoms with Crippen molar-refractivity contribution < 1.29 is 13.5 Å². The number of benzene rings is 1. The fraction of sp³-hybridized carbons (Fsp3) is 0.231. The molecule has 0 saturated heterocycles. The molecule has 21 heavy (non-hydrogen) atoms. The van der Waals surface area contributed by atoms with E-state index in [1.54, 1.807) is 25.3 Å². The number of aryl methyl sites for hydroxylation is 2. The van der Waals surface area contributed by atoms with Crippen LogP contribution in [0.3, 0.4) is 0 Å². The van der Waals surface area contributed by atoms with Gasteiger partial charge in [0, 0.05) is 5.02 Å². The summed E-state index contributed by atoms with van der Waals surface area (Å²) >= 11 is 13.2. The molecule has 8 heteroatoms. The lowest BCUT2D eigenvalue weighted by atomic mass is 10.2. The number of halogens is 2. The molecule has 0 fully saturated rings. The van der Waals surface area contributed by atoms with Gasteiger partial charge in [0.15, 0.2) is 0 Å². The average Bonchev–Trinajstić information content (AvgIpc) is 2.77. The molecule has 0 radical (unpaired) electrons. The Kier molecular flexibility index (Phi) is 4.85. The van der Waals surface area contributed by atoms with Gasteiger partial charge in [-0.15, -0.1) is 11.3 Å². The number of sulfonamides is 1. The Balaban J connectivity index is 2.47. The molecule has 114 valence electrons. The van der Waals surface area contributed by atoms with Crippen molar-refractivity contribution in [2.75, 3.05) is 4.72 Å². The summed E-state index contributed by atoms with van der Waals surface area (Å²) in [6, 6.07) is 3.06.